The third-order valence-corrected chi connectivity index (χ3v) is 2.62. The molecular formula is C13H16N2. The molecule has 2 N–H and O–H groups in total. The molecule has 2 rings (SSSR count). The normalized spacial score (nSPS) is 10.7. The lowest BCUT2D eigenvalue weighted by Crippen LogP contribution is -2.00. The van der Waals surface area contributed by atoms with Crippen molar-refractivity contribution in [2.24, 2.45) is 5.73 Å². The van der Waals surface area contributed by atoms with Crippen molar-refractivity contribution in [3.63, 3.8) is 0 Å². The fourth-order valence-electron chi connectivity index (χ4n) is 1.82. The van der Waals surface area contributed by atoms with Crippen LogP contribution in [0.5, 0.6) is 0 Å². The van der Waals surface area contributed by atoms with E-state index < -0.39 is 0 Å². The van der Waals surface area contributed by atoms with Crippen molar-refractivity contribution >= 4 is 10.8 Å². The van der Waals surface area contributed by atoms with Gasteiger partial charge in [0.15, 0.2) is 0 Å². The molecule has 1 aromatic heterocycles. The summed E-state index contributed by atoms with van der Waals surface area (Å²) in [7, 11) is 0. The topological polar surface area (TPSA) is 38.9 Å². The Hall–Kier alpha value is -1.41. The number of unbranched alkanes of at least 4 members (excludes halogenated alkanes) is 1. The summed E-state index contributed by atoms with van der Waals surface area (Å²) in [5.41, 5.74) is 6.68. The largest absolute Gasteiger partial charge is 0.330 e. The molecule has 2 heteroatoms. The van der Waals surface area contributed by atoms with Crippen molar-refractivity contribution in [2.75, 3.05) is 6.54 Å². The van der Waals surface area contributed by atoms with E-state index in [1.165, 1.54) is 16.5 Å². The minimum absolute atomic E-state index is 0.769. The van der Waals surface area contributed by atoms with Crippen LogP contribution < -0.4 is 5.73 Å². The number of hydrogen-bond acceptors (Lipinski definition) is 2. The smallest absolute Gasteiger partial charge is 0.0481 e. The maximum atomic E-state index is 5.48. The molecule has 0 radical (unpaired) electrons. The molecule has 0 unspecified atom stereocenters. The lowest BCUT2D eigenvalue weighted by Gasteiger charge is -2.04. The average Bonchev–Trinajstić information content (AvgIpc) is 2.30. The molecule has 2 nitrogen and oxygen atoms in total. The summed E-state index contributed by atoms with van der Waals surface area (Å²) in [6.07, 6.45) is 5.11. The van der Waals surface area contributed by atoms with Gasteiger partial charge in [0.2, 0.25) is 0 Å². The first-order chi connectivity index (χ1) is 7.42. The van der Waals surface area contributed by atoms with Gasteiger partial charge >= 0.3 is 0 Å². The quantitative estimate of drug-likeness (QED) is 0.770. The molecule has 0 aliphatic rings. The van der Waals surface area contributed by atoms with E-state index in [1.54, 1.807) is 0 Å². The third-order valence-electron chi connectivity index (χ3n) is 2.62. The van der Waals surface area contributed by atoms with Gasteiger partial charge in [-0.15, -0.1) is 0 Å². The molecule has 0 aliphatic carbocycles. The van der Waals surface area contributed by atoms with Gasteiger partial charge in [-0.1, -0.05) is 24.3 Å². The Morgan fingerprint density at radius 2 is 1.93 bits per heavy atom. The van der Waals surface area contributed by atoms with Gasteiger partial charge in [0, 0.05) is 17.3 Å². The summed E-state index contributed by atoms with van der Waals surface area (Å²) < 4.78 is 0. The van der Waals surface area contributed by atoms with Crippen molar-refractivity contribution in [1.82, 2.24) is 4.98 Å². The Morgan fingerprint density at radius 1 is 1.07 bits per heavy atom. The third kappa shape index (κ3) is 2.34. The number of pyridine rings is 1. The number of nitrogens with zero attached hydrogens (tertiary/aromatic N) is 1. The van der Waals surface area contributed by atoms with E-state index in [-0.39, 0.29) is 0 Å². The number of fused-ring (bicyclic) bond motifs is 1. The summed E-state index contributed by atoms with van der Waals surface area (Å²) in [6.45, 7) is 0.769. The van der Waals surface area contributed by atoms with Crippen LogP contribution >= 0.6 is 0 Å². The van der Waals surface area contributed by atoms with E-state index in [0.717, 1.165) is 25.8 Å². The highest BCUT2D eigenvalue weighted by molar-refractivity contribution is 5.84. The van der Waals surface area contributed by atoms with Gasteiger partial charge in [0.1, 0.15) is 0 Å². The molecule has 0 saturated carbocycles. The monoisotopic (exact) mass is 200 g/mol. The predicted octanol–water partition coefficient (Wildman–Crippen LogP) is 2.52. The highest BCUT2D eigenvalue weighted by atomic mass is 14.7. The Balaban J connectivity index is 2.26. The lowest BCUT2D eigenvalue weighted by atomic mass is 10.1. The molecular weight excluding hydrogens is 184 g/mol. The zero-order chi connectivity index (χ0) is 10.5. The molecule has 15 heavy (non-hydrogen) atoms. The number of aromatic nitrogens is 1. The second kappa shape index (κ2) is 4.89. The Labute approximate surface area is 90.1 Å². The van der Waals surface area contributed by atoms with E-state index in [2.05, 4.69) is 35.3 Å². The number of benzene rings is 1. The number of rotatable bonds is 4. The summed E-state index contributed by atoms with van der Waals surface area (Å²) in [5.74, 6) is 0. The zero-order valence-corrected chi connectivity index (χ0v) is 8.82. The summed E-state index contributed by atoms with van der Waals surface area (Å²) in [5, 5.41) is 2.55. The van der Waals surface area contributed by atoms with Gasteiger partial charge in [0.05, 0.1) is 0 Å². The van der Waals surface area contributed by atoms with E-state index in [0.29, 0.717) is 0 Å². The number of nitrogens with two attached hydrogens (primary N) is 1. The van der Waals surface area contributed by atoms with Crippen LogP contribution in [0, 0.1) is 0 Å². The lowest BCUT2D eigenvalue weighted by molar-refractivity contribution is 0.736. The van der Waals surface area contributed by atoms with Crippen LogP contribution in [0.4, 0.5) is 0 Å². The standard InChI is InChI=1S/C13H16N2/c14-9-4-3-7-13-12-6-2-1-5-11(12)8-10-15-13/h1-2,5-6,8,10H,3-4,7,9,14H2. The highest BCUT2D eigenvalue weighted by Gasteiger charge is 2.00. The fourth-order valence-corrected chi connectivity index (χ4v) is 1.82. The van der Waals surface area contributed by atoms with E-state index in [4.69, 9.17) is 5.73 Å². The maximum absolute atomic E-state index is 5.48. The van der Waals surface area contributed by atoms with Crippen molar-refractivity contribution in [2.45, 2.75) is 19.3 Å². The van der Waals surface area contributed by atoms with Crippen molar-refractivity contribution in [1.29, 1.82) is 0 Å². The van der Waals surface area contributed by atoms with E-state index in [9.17, 15) is 0 Å². The van der Waals surface area contributed by atoms with Gasteiger partial charge in [-0.25, -0.2) is 0 Å². The van der Waals surface area contributed by atoms with Crippen LogP contribution in [0.1, 0.15) is 18.5 Å². The molecule has 1 heterocycles. The van der Waals surface area contributed by atoms with Crippen LogP contribution in [0.15, 0.2) is 36.5 Å². The second-order valence-corrected chi connectivity index (χ2v) is 3.72. The first-order valence-corrected chi connectivity index (χ1v) is 5.44. The van der Waals surface area contributed by atoms with Crippen molar-refractivity contribution in [3.8, 4) is 0 Å². The Kier molecular flexibility index (Phi) is 3.30. The number of aryl methyl sites for hydroxylation is 1. The van der Waals surface area contributed by atoms with Gasteiger partial charge in [0.25, 0.3) is 0 Å². The molecule has 78 valence electrons. The molecule has 0 fully saturated rings. The van der Waals surface area contributed by atoms with Crippen LogP contribution in [-0.4, -0.2) is 11.5 Å². The molecule has 2 aromatic rings. The van der Waals surface area contributed by atoms with Gasteiger partial charge in [-0.05, 0) is 37.3 Å². The first kappa shape index (κ1) is 10.1. The molecule has 0 aliphatic heterocycles. The van der Waals surface area contributed by atoms with Gasteiger partial charge in [-0.3, -0.25) is 4.98 Å². The van der Waals surface area contributed by atoms with E-state index in [1.807, 2.05) is 6.20 Å². The molecule has 0 saturated heterocycles. The SMILES string of the molecule is NCCCCc1nccc2ccccc12. The summed E-state index contributed by atoms with van der Waals surface area (Å²) >= 11 is 0. The number of hydrogen-bond donors (Lipinski definition) is 1. The van der Waals surface area contributed by atoms with Crippen LogP contribution in [-0.2, 0) is 6.42 Å². The summed E-state index contributed by atoms with van der Waals surface area (Å²) in [6, 6.07) is 10.5. The molecule has 0 atom stereocenters. The molecule has 0 spiro atoms. The van der Waals surface area contributed by atoms with Crippen LogP contribution in [0.25, 0.3) is 10.8 Å². The molecule has 1 aromatic carbocycles. The Bertz CT molecular complexity index is 432. The van der Waals surface area contributed by atoms with Crippen molar-refractivity contribution < 1.29 is 0 Å². The highest BCUT2D eigenvalue weighted by Crippen LogP contribution is 2.17. The van der Waals surface area contributed by atoms with Gasteiger partial charge in [-0.2, -0.15) is 0 Å². The molecule has 0 bridgehead atoms. The Morgan fingerprint density at radius 3 is 2.80 bits per heavy atom. The minimum Gasteiger partial charge on any atom is -0.330 e. The fraction of sp³-hybridized carbons (Fsp3) is 0.308. The van der Waals surface area contributed by atoms with Crippen molar-refractivity contribution in [3.05, 3.63) is 42.2 Å². The average molecular weight is 200 g/mol. The summed E-state index contributed by atoms with van der Waals surface area (Å²) in [4.78, 5) is 4.44. The maximum Gasteiger partial charge on any atom is 0.0481 e. The zero-order valence-electron chi connectivity index (χ0n) is 8.82. The van der Waals surface area contributed by atoms with Crippen LogP contribution in [0.3, 0.4) is 0 Å². The van der Waals surface area contributed by atoms with Gasteiger partial charge < -0.3 is 5.73 Å². The molecule has 0 amide bonds. The first-order valence-electron chi connectivity index (χ1n) is 5.44. The van der Waals surface area contributed by atoms with E-state index >= 15 is 0 Å². The predicted molar refractivity (Wildman–Crippen MR) is 63.7 cm³/mol. The minimum atomic E-state index is 0.769. The second-order valence-electron chi connectivity index (χ2n) is 3.72. The van der Waals surface area contributed by atoms with Crippen LogP contribution in [0.2, 0.25) is 0 Å².